The summed E-state index contributed by atoms with van der Waals surface area (Å²) in [7, 11) is 0. The second-order valence-electron chi connectivity index (χ2n) is 3.12. The van der Waals surface area contributed by atoms with Crippen molar-refractivity contribution >= 4 is 23.3 Å². The fourth-order valence-electron chi connectivity index (χ4n) is 1.18. The van der Waals surface area contributed by atoms with E-state index >= 15 is 0 Å². The van der Waals surface area contributed by atoms with Gasteiger partial charge in [-0.05, 0) is 23.9 Å². The largest absolute Gasteiger partial charge is 0.398 e. The van der Waals surface area contributed by atoms with E-state index in [1.54, 1.807) is 6.07 Å². The highest BCUT2D eigenvalue weighted by atomic mass is 32.2. The second-order valence-corrected chi connectivity index (χ2v) is 4.15. The number of H-pyrrole nitrogens is 1. The Bertz CT molecular complexity index is 567. The van der Waals surface area contributed by atoms with Crippen LogP contribution in [-0.4, -0.2) is 9.97 Å². The Kier molecular flexibility index (Phi) is 2.82. The van der Waals surface area contributed by atoms with E-state index in [0.717, 1.165) is 4.90 Å². The number of aromatic nitrogens is 2. The molecule has 0 bridgehead atoms. The van der Waals surface area contributed by atoms with Gasteiger partial charge in [-0.15, -0.1) is 0 Å². The van der Waals surface area contributed by atoms with Crippen molar-refractivity contribution in [3.05, 3.63) is 40.7 Å². The first-order chi connectivity index (χ1) is 7.65. The molecule has 5 N–H and O–H groups in total. The number of para-hydroxylation sites is 1. The normalized spacial score (nSPS) is 10.2. The van der Waals surface area contributed by atoms with E-state index < -0.39 is 0 Å². The van der Waals surface area contributed by atoms with E-state index in [4.69, 9.17) is 11.5 Å². The van der Waals surface area contributed by atoms with E-state index in [9.17, 15) is 4.79 Å². The molecule has 1 aromatic carbocycles. The molecule has 82 valence electrons. The minimum Gasteiger partial charge on any atom is -0.398 e. The standard InChI is InChI=1S/C10H10N4OS/c11-6-3-1-2-4-7(6)16-10-13-8(12)5-9(15)14-10/h1-5H,11H2,(H3,12,13,14,15). The quantitative estimate of drug-likeness (QED) is 0.533. The van der Waals surface area contributed by atoms with Gasteiger partial charge in [-0.2, -0.15) is 0 Å². The summed E-state index contributed by atoms with van der Waals surface area (Å²) in [5.74, 6) is 0.195. The van der Waals surface area contributed by atoms with Gasteiger partial charge in [-0.3, -0.25) is 4.79 Å². The molecule has 2 rings (SSSR count). The van der Waals surface area contributed by atoms with Crippen molar-refractivity contribution in [1.29, 1.82) is 0 Å². The topological polar surface area (TPSA) is 97.8 Å². The molecular weight excluding hydrogens is 224 g/mol. The molecule has 0 saturated heterocycles. The minimum atomic E-state index is -0.274. The van der Waals surface area contributed by atoms with E-state index in [1.807, 2.05) is 18.2 Å². The molecule has 16 heavy (non-hydrogen) atoms. The van der Waals surface area contributed by atoms with E-state index in [0.29, 0.717) is 10.8 Å². The van der Waals surface area contributed by atoms with Gasteiger partial charge in [0.2, 0.25) is 0 Å². The highest BCUT2D eigenvalue weighted by Gasteiger charge is 2.04. The van der Waals surface area contributed by atoms with Crippen molar-refractivity contribution in [3.8, 4) is 0 Å². The summed E-state index contributed by atoms with van der Waals surface area (Å²) in [5.41, 5.74) is 11.6. The lowest BCUT2D eigenvalue weighted by Crippen LogP contribution is -2.09. The van der Waals surface area contributed by atoms with Crippen molar-refractivity contribution in [2.45, 2.75) is 10.1 Å². The number of hydrogen-bond acceptors (Lipinski definition) is 5. The molecule has 6 heteroatoms. The lowest BCUT2D eigenvalue weighted by Gasteiger charge is -2.03. The molecule has 0 unspecified atom stereocenters. The Morgan fingerprint density at radius 3 is 2.69 bits per heavy atom. The van der Waals surface area contributed by atoms with E-state index in [2.05, 4.69) is 9.97 Å². The Morgan fingerprint density at radius 2 is 2.00 bits per heavy atom. The first-order valence-electron chi connectivity index (χ1n) is 4.54. The van der Waals surface area contributed by atoms with Crippen LogP contribution >= 0.6 is 11.8 Å². The number of nitrogens with two attached hydrogens (primary N) is 2. The summed E-state index contributed by atoms with van der Waals surface area (Å²) < 4.78 is 0. The van der Waals surface area contributed by atoms with Crippen LogP contribution in [0.4, 0.5) is 11.5 Å². The van der Waals surface area contributed by atoms with Crippen molar-refractivity contribution in [1.82, 2.24) is 9.97 Å². The molecule has 0 radical (unpaired) electrons. The molecule has 0 amide bonds. The Morgan fingerprint density at radius 1 is 1.25 bits per heavy atom. The first kappa shape index (κ1) is 10.6. The lowest BCUT2D eigenvalue weighted by atomic mass is 10.3. The van der Waals surface area contributed by atoms with E-state index in [-0.39, 0.29) is 11.4 Å². The maximum absolute atomic E-state index is 11.2. The van der Waals surface area contributed by atoms with Gasteiger partial charge in [0, 0.05) is 16.6 Å². The Labute approximate surface area is 95.9 Å². The van der Waals surface area contributed by atoms with Crippen LogP contribution in [-0.2, 0) is 0 Å². The SMILES string of the molecule is Nc1cc(=O)[nH]c(Sc2ccccc2N)n1. The van der Waals surface area contributed by atoms with Gasteiger partial charge in [-0.25, -0.2) is 4.98 Å². The molecule has 1 aromatic heterocycles. The maximum atomic E-state index is 11.2. The third kappa shape index (κ3) is 2.34. The lowest BCUT2D eigenvalue weighted by molar-refractivity contribution is 0.945. The van der Waals surface area contributed by atoms with Crippen molar-refractivity contribution in [2.24, 2.45) is 0 Å². The van der Waals surface area contributed by atoms with Gasteiger partial charge in [-0.1, -0.05) is 12.1 Å². The summed E-state index contributed by atoms with van der Waals surface area (Å²) in [4.78, 5) is 18.6. The molecule has 0 aliphatic carbocycles. The van der Waals surface area contributed by atoms with Gasteiger partial charge in [0.15, 0.2) is 5.16 Å². The maximum Gasteiger partial charge on any atom is 0.253 e. The molecule has 0 fully saturated rings. The summed E-state index contributed by atoms with van der Waals surface area (Å²) in [6, 6.07) is 8.58. The monoisotopic (exact) mass is 234 g/mol. The summed E-state index contributed by atoms with van der Waals surface area (Å²) >= 11 is 1.27. The number of hydrogen-bond donors (Lipinski definition) is 3. The van der Waals surface area contributed by atoms with Gasteiger partial charge >= 0.3 is 0 Å². The molecule has 2 aromatic rings. The third-order valence-electron chi connectivity index (χ3n) is 1.87. The predicted octanol–water partition coefficient (Wildman–Crippen LogP) is 1.09. The Balaban J connectivity index is 2.34. The molecule has 0 spiro atoms. The minimum absolute atomic E-state index is 0.195. The van der Waals surface area contributed by atoms with Crippen LogP contribution < -0.4 is 17.0 Å². The first-order valence-corrected chi connectivity index (χ1v) is 5.36. The van der Waals surface area contributed by atoms with E-state index in [1.165, 1.54) is 17.8 Å². The zero-order valence-corrected chi connectivity index (χ0v) is 9.12. The average Bonchev–Trinajstić information content (AvgIpc) is 2.20. The predicted molar refractivity (Wildman–Crippen MR) is 64.2 cm³/mol. The van der Waals surface area contributed by atoms with Crippen LogP contribution in [0.2, 0.25) is 0 Å². The van der Waals surface area contributed by atoms with Gasteiger partial charge < -0.3 is 16.5 Å². The molecule has 5 nitrogen and oxygen atoms in total. The van der Waals surface area contributed by atoms with Crippen LogP contribution in [0.1, 0.15) is 0 Å². The highest BCUT2D eigenvalue weighted by Crippen LogP contribution is 2.28. The second kappa shape index (κ2) is 4.28. The molecule has 1 heterocycles. The number of nitrogen functional groups attached to an aromatic ring is 2. The number of benzene rings is 1. The number of aromatic amines is 1. The number of nitrogens with zero attached hydrogens (tertiary/aromatic N) is 1. The summed E-state index contributed by atoms with van der Waals surface area (Å²) in [6.45, 7) is 0. The van der Waals surface area contributed by atoms with Crippen LogP contribution in [0.3, 0.4) is 0 Å². The van der Waals surface area contributed by atoms with Gasteiger partial charge in [0.05, 0.1) is 0 Å². The summed E-state index contributed by atoms with van der Waals surface area (Å²) in [6.07, 6.45) is 0. The fourth-order valence-corrected chi connectivity index (χ4v) is 2.02. The molecular formula is C10H10N4OS. The average molecular weight is 234 g/mol. The molecule has 0 atom stereocenters. The Hall–Kier alpha value is -1.95. The van der Waals surface area contributed by atoms with Crippen LogP contribution in [0.5, 0.6) is 0 Å². The highest BCUT2D eigenvalue weighted by molar-refractivity contribution is 7.99. The van der Waals surface area contributed by atoms with Crippen LogP contribution in [0.25, 0.3) is 0 Å². The molecule has 0 aliphatic heterocycles. The zero-order chi connectivity index (χ0) is 11.5. The third-order valence-corrected chi connectivity index (χ3v) is 2.84. The van der Waals surface area contributed by atoms with Crippen LogP contribution in [0, 0.1) is 0 Å². The number of anilines is 2. The molecule has 0 saturated carbocycles. The van der Waals surface area contributed by atoms with Crippen molar-refractivity contribution in [2.75, 3.05) is 11.5 Å². The van der Waals surface area contributed by atoms with Gasteiger partial charge in [0.1, 0.15) is 5.82 Å². The van der Waals surface area contributed by atoms with Crippen molar-refractivity contribution < 1.29 is 0 Å². The van der Waals surface area contributed by atoms with Crippen molar-refractivity contribution in [3.63, 3.8) is 0 Å². The summed E-state index contributed by atoms with van der Waals surface area (Å²) in [5, 5.41) is 0.433. The zero-order valence-electron chi connectivity index (χ0n) is 8.31. The number of nitrogens with one attached hydrogen (secondary N) is 1. The molecule has 0 aliphatic rings. The number of rotatable bonds is 2. The smallest absolute Gasteiger partial charge is 0.253 e. The fraction of sp³-hybridized carbons (Fsp3) is 0. The van der Waals surface area contributed by atoms with Gasteiger partial charge in [0.25, 0.3) is 5.56 Å². The van der Waals surface area contributed by atoms with Crippen LogP contribution in [0.15, 0.2) is 45.2 Å².